The Bertz CT molecular complexity index is 1470. The molecule has 198 valence electrons. The van der Waals surface area contributed by atoms with Crippen molar-refractivity contribution in [2.24, 2.45) is 0 Å². The van der Waals surface area contributed by atoms with Crippen LogP contribution in [0, 0.1) is 0 Å². The van der Waals surface area contributed by atoms with Gasteiger partial charge < -0.3 is 20.3 Å². The van der Waals surface area contributed by atoms with Gasteiger partial charge in [-0.3, -0.25) is 9.69 Å². The Balaban J connectivity index is 1.50. The molecule has 2 aromatic heterocycles. The highest BCUT2D eigenvalue weighted by Gasteiger charge is 2.38. The van der Waals surface area contributed by atoms with Gasteiger partial charge in [-0.25, -0.2) is 9.78 Å². The van der Waals surface area contributed by atoms with E-state index in [2.05, 4.69) is 33.7 Å². The molecule has 38 heavy (non-hydrogen) atoms. The van der Waals surface area contributed by atoms with Crippen molar-refractivity contribution in [1.82, 2.24) is 15.2 Å². The second kappa shape index (κ2) is 9.67. The maximum absolute atomic E-state index is 13.7. The zero-order chi connectivity index (χ0) is 27.2. The Labute approximate surface area is 220 Å². The molecule has 0 saturated carbocycles. The third kappa shape index (κ3) is 4.44. The smallest absolute Gasteiger partial charge is 0.420 e. The fourth-order valence-corrected chi connectivity index (χ4v) is 5.82. The van der Waals surface area contributed by atoms with Crippen LogP contribution in [0.15, 0.2) is 55.4 Å². The summed E-state index contributed by atoms with van der Waals surface area (Å²) >= 11 is 1.11. The van der Waals surface area contributed by atoms with Crippen molar-refractivity contribution in [3.8, 4) is 5.75 Å². The third-order valence-corrected chi connectivity index (χ3v) is 7.69. The standard InChI is InChI=1S/C26H24F3N5O3S/c1-4-14(2)33-11-5-6-15(13-33)31-23(35)22-21-20-18(9-10-30-24(20)38-22)34(25(36)32-21)16-7-8-19(37-3)17(12-16)26(27,28)29/h4,7-10,12,15H,1-2,5-6,11,13H2,3H3,(H,31,35)(H,32,36)/t15-/m1/s1. The van der Waals surface area contributed by atoms with Gasteiger partial charge in [0.25, 0.3) is 5.91 Å². The van der Waals surface area contributed by atoms with Crippen LogP contribution in [-0.4, -0.2) is 48.1 Å². The lowest BCUT2D eigenvalue weighted by Crippen LogP contribution is -2.47. The van der Waals surface area contributed by atoms with Gasteiger partial charge in [0.15, 0.2) is 0 Å². The minimum Gasteiger partial charge on any atom is -0.496 e. The van der Waals surface area contributed by atoms with Gasteiger partial charge in [0.2, 0.25) is 0 Å². The Morgan fingerprint density at radius 2 is 2.13 bits per heavy atom. The maximum Gasteiger partial charge on any atom is 0.420 e. The molecule has 8 nitrogen and oxygen atoms in total. The van der Waals surface area contributed by atoms with E-state index in [1.807, 2.05) is 0 Å². The van der Waals surface area contributed by atoms with Crippen molar-refractivity contribution in [3.05, 3.63) is 65.8 Å². The van der Waals surface area contributed by atoms with Gasteiger partial charge in [-0.1, -0.05) is 13.2 Å². The van der Waals surface area contributed by atoms with Crippen molar-refractivity contribution >= 4 is 50.6 Å². The predicted octanol–water partition coefficient (Wildman–Crippen LogP) is 5.90. The van der Waals surface area contributed by atoms with Gasteiger partial charge in [-0.15, -0.1) is 11.3 Å². The summed E-state index contributed by atoms with van der Waals surface area (Å²) in [6.07, 6.45) is 0.104. The van der Waals surface area contributed by atoms with E-state index in [-0.39, 0.29) is 28.3 Å². The quantitative estimate of drug-likeness (QED) is 0.378. The Morgan fingerprint density at radius 3 is 2.84 bits per heavy atom. The van der Waals surface area contributed by atoms with Crippen LogP contribution in [0.1, 0.15) is 28.1 Å². The number of pyridine rings is 1. The number of nitrogens with one attached hydrogen (secondary N) is 2. The van der Waals surface area contributed by atoms with Crippen molar-refractivity contribution in [2.45, 2.75) is 25.1 Å². The normalized spacial score (nSPS) is 17.3. The summed E-state index contributed by atoms with van der Waals surface area (Å²) in [5.74, 6) is -0.714. The first-order valence-electron chi connectivity index (χ1n) is 11.8. The van der Waals surface area contributed by atoms with Crippen LogP contribution in [0.3, 0.4) is 0 Å². The molecule has 3 amide bonds. The fraction of sp³-hybridized carbons (Fsp3) is 0.269. The Morgan fingerprint density at radius 1 is 1.34 bits per heavy atom. The van der Waals surface area contributed by atoms with Crippen LogP contribution in [-0.2, 0) is 6.18 Å². The number of urea groups is 1. The van der Waals surface area contributed by atoms with Gasteiger partial charge in [-0.05, 0) is 43.2 Å². The molecule has 3 aromatic rings. The highest BCUT2D eigenvalue weighted by Crippen LogP contribution is 2.47. The van der Waals surface area contributed by atoms with Crippen LogP contribution in [0.25, 0.3) is 10.2 Å². The number of hydrogen-bond acceptors (Lipinski definition) is 6. The van der Waals surface area contributed by atoms with Crippen LogP contribution < -0.4 is 20.3 Å². The molecule has 4 heterocycles. The number of nitrogens with zero attached hydrogens (tertiary/aromatic N) is 3. The van der Waals surface area contributed by atoms with E-state index in [9.17, 15) is 22.8 Å². The van der Waals surface area contributed by atoms with E-state index in [1.165, 1.54) is 24.4 Å². The summed E-state index contributed by atoms with van der Waals surface area (Å²) in [5, 5.41) is 6.23. The number of methoxy groups -OCH3 is 1. The highest BCUT2D eigenvalue weighted by molar-refractivity contribution is 7.21. The monoisotopic (exact) mass is 543 g/mol. The van der Waals surface area contributed by atoms with E-state index in [1.54, 1.807) is 6.08 Å². The first-order chi connectivity index (χ1) is 18.1. The lowest BCUT2D eigenvalue weighted by molar-refractivity contribution is -0.138. The zero-order valence-electron chi connectivity index (χ0n) is 20.4. The number of alkyl halides is 3. The molecule has 0 aliphatic carbocycles. The number of likely N-dealkylation sites (tertiary alicyclic amines) is 1. The second-order valence-corrected chi connectivity index (χ2v) is 9.92. The number of carbonyl (C=O) groups is 2. The van der Waals surface area contributed by atoms with Crippen molar-refractivity contribution in [2.75, 3.05) is 30.4 Å². The number of piperidine rings is 1. The van der Waals surface area contributed by atoms with Crippen LogP contribution in [0.2, 0.25) is 0 Å². The largest absolute Gasteiger partial charge is 0.496 e. The molecule has 0 radical (unpaired) electrons. The van der Waals surface area contributed by atoms with Gasteiger partial charge in [0, 0.05) is 31.0 Å². The Hall–Kier alpha value is -4.06. The number of hydrogen-bond donors (Lipinski definition) is 2. The van der Waals surface area contributed by atoms with E-state index < -0.39 is 17.8 Å². The Kier molecular flexibility index (Phi) is 6.51. The fourth-order valence-electron chi connectivity index (χ4n) is 4.79. The van der Waals surface area contributed by atoms with Gasteiger partial charge in [0.1, 0.15) is 15.5 Å². The molecule has 12 heteroatoms. The van der Waals surface area contributed by atoms with Crippen molar-refractivity contribution in [3.63, 3.8) is 0 Å². The third-order valence-electron chi connectivity index (χ3n) is 6.60. The summed E-state index contributed by atoms with van der Waals surface area (Å²) in [4.78, 5) is 34.9. The number of halogens is 3. The van der Waals surface area contributed by atoms with Gasteiger partial charge >= 0.3 is 12.2 Å². The molecule has 1 fully saturated rings. The van der Waals surface area contributed by atoms with Crippen molar-refractivity contribution in [1.29, 1.82) is 0 Å². The molecule has 5 rings (SSSR count). The number of ether oxygens (including phenoxy) is 1. The molecular formula is C26H24F3N5O3S. The lowest BCUT2D eigenvalue weighted by atomic mass is 10.0. The summed E-state index contributed by atoms with van der Waals surface area (Å²) in [6, 6.07) is 4.12. The second-order valence-electron chi connectivity index (χ2n) is 8.92. The average Bonchev–Trinajstić information content (AvgIpc) is 3.27. The number of thiophene rings is 1. The van der Waals surface area contributed by atoms with Crippen LogP contribution >= 0.6 is 11.3 Å². The first-order valence-corrected chi connectivity index (χ1v) is 12.6. The zero-order valence-corrected chi connectivity index (χ0v) is 21.2. The summed E-state index contributed by atoms with van der Waals surface area (Å²) < 4.78 is 45.8. The highest BCUT2D eigenvalue weighted by atomic mass is 32.1. The molecule has 1 saturated heterocycles. The number of rotatable bonds is 6. The van der Waals surface area contributed by atoms with E-state index in [0.29, 0.717) is 28.1 Å². The minimum absolute atomic E-state index is 0.00396. The molecule has 0 spiro atoms. The molecular weight excluding hydrogens is 519 g/mol. The number of benzene rings is 1. The molecule has 2 N–H and O–H groups in total. The van der Waals surface area contributed by atoms with E-state index in [4.69, 9.17) is 4.74 Å². The number of allylic oxidation sites excluding steroid dienone is 1. The van der Waals surface area contributed by atoms with E-state index >= 15 is 0 Å². The average molecular weight is 544 g/mol. The van der Waals surface area contributed by atoms with Crippen molar-refractivity contribution < 1.29 is 27.5 Å². The minimum atomic E-state index is -4.69. The summed E-state index contributed by atoms with van der Waals surface area (Å²) in [6.45, 7) is 9.14. The molecule has 2 aliphatic rings. The summed E-state index contributed by atoms with van der Waals surface area (Å²) in [7, 11) is 1.15. The maximum atomic E-state index is 13.7. The van der Waals surface area contributed by atoms with E-state index in [0.717, 1.165) is 54.5 Å². The molecule has 1 aromatic carbocycles. The predicted molar refractivity (Wildman–Crippen MR) is 140 cm³/mol. The van der Waals surface area contributed by atoms with Gasteiger partial charge in [0.05, 0.1) is 35.1 Å². The van der Waals surface area contributed by atoms with Crippen LogP contribution in [0.5, 0.6) is 5.75 Å². The number of carbonyl (C=O) groups excluding carboxylic acids is 2. The SMILES string of the molecule is C=CC(=C)N1CCC[C@@H](NC(=O)c2sc3nccc4c3c2NC(=O)N4c2ccc(OC)c(C(F)(F)F)c2)C1. The molecule has 2 aliphatic heterocycles. The summed E-state index contributed by atoms with van der Waals surface area (Å²) in [5.41, 5.74) is 0.394. The number of anilines is 3. The number of aromatic nitrogens is 1. The van der Waals surface area contributed by atoms with Gasteiger partial charge in [-0.2, -0.15) is 13.2 Å². The topological polar surface area (TPSA) is 86.8 Å². The lowest BCUT2D eigenvalue weighted by Gasteiger charge is -2.35. The first kappa shape index (κ1) is 25.6. The molecule has 0 bridgehead atoms. The molecule has 1 atom stereocenters. The number of amides is 3. The van der Waals surface area contributed by atoms with Crippen LogP contribution in [0.4, 0.5) is 35.0 Å². The molecule has 0 unspecified atom stereocenters.